The van der Waals surface area contributed by atoms with Crippen molar-refractivity contribution in [3.8, 4) is 0 Å². The Labute approximate surface area is 200 Å². The monoisotopic (exact) mass is 477 g/mol. The zero-order chi connectivity index (χ0) is 25.2. The van der Waals surface area contributed by atoms with Gasteiger partial charge in [-0.05, 0) is 29.3 Å². The Hall–Kier alpha value is -4.26. The van der Waals surface area contributed by atoms with Crippen LogP contribution < -0.4 is 38.9 Å². The van der Waals surface area contributed by atoms with Gasteiger partial charge in [0.15, 0.2) is 5.78 Å². The van der Waals surface area contributed by atoms with Crippen LogP contribution in [0.4, 0.5) is 11.4 Å². The standard InChI is InChI=1S/C23H27N9O3/c24-21(34)19(12-1-4-14(5-2-12)23(25,26)27)31-22(35)18(20(33)16-7-8-30-32-16)13-3-6-15-17(11-13)29-10-9-28-15/h1-8,11,18-19,28-29H,9-10,25-27H2,(H2,24,34)(H,30,32)(H,31,35). The van der Waals surface area contributed by atoms with Gasteiger partial charge in [0.1, 0.15) is 23.4 Å². The Bertz CT molecular complexity index is 1230. The summed E-state index contributed by atoms with van der Waals surface area (Å²) in [4.78, 5) is 39.1. The number of nitrogens with two attached hydrogens (primary N) is 4. The molecule has 0 radical (unpaired) electrons. The molecule has 0 saturated heterocycles. The largest absolute Gasteiger partial charge is 0.382 e. The minimum Gasteiger partial charge on any atom is -0.382 e. The molecule has 2 atom stereocenters. The minimum absolute atomic E-state index is 0.152. The number of anilines is 2. The quantitative estimate of drug-likeness (QED) is 0.119. The van der Waals surface area contributed by atoms with E-state index in [0.717, 1.165) is 17.9 Å². The lowest BCUT2D eigenvalue weighted by Crippen LogP contribution is -2.54. The summed E-state index contributed by atoms with van der Waals surface area (Å²) in [6.07, 6.45) is 1.42. The van der Waals surface area contributed by atoms with Crippen LogP contribution in [0.3, 0.4) is 0 Å². The molecule has 1 aromatic heterocycles. The fraction of sp³-hybridized carbons (Fsp3) is 0.217. The lowest BCUT2D eigenvalue weighted by molar-refractivity contribution is -0.127. The van der Waals surface area contributed by atoms with Crippen LogP contribution in [0.5, 0.6) is 0 Å². The van der Waals surface area contributed by atoms with Crippen molar-refractivity contribution < 1.29 is 14.4 Å². The number of carbonyl (C=O) groups excluding carboxylic acids is 3. The van der Waals surface area contributed by atoms with Crippen LogP contribution in [0.15, 0.2) is 54.7 Å². The second-order valence-corrected chi connectivity index (χ2v) is 8.33. The van der Waals surface area contributed by atoms with E-state index in [2.05, 4.69) is 26.1 Å². The van der Waals surface area contributed by atoms with E-state index < -0.39 is 35.3 Å². The van der Waals surface area contributed by atoms with Crippen LogP contribution in [0.1, 0.15) is 39.1 Å². The van der Waals surface area contributed by atoms with E-state index in [9.17, 15) is 14.4 Å². The van der Waals surface area contributed by atoms with E-state index in [-0.39, 0.29) is 5.69 Å². The molecule has 2 heterocycles. The molecule has 3 aromatic rings. The smallest absolute Gasteiger partial charge is 0.244 e. The number of hydrogen-bond acceptors (Lipinski definition) is 9. The maximum absolute atomic E-state index is 13.5. The summed E-state index contributed by atoms with van der Waals surface area (Å²) < 4.78 is 0. The van der Waals surface area contributed by atoms with Crippen molar-refractivity contribution in [2.45, 2.75) is 17.7 Å². The normalized spacial score (nSPS) is 14.6. The molecule has 35 heavy (non-hydrogen) atoms. The molecule has 1 aliphatic rings. The number of rotatable bonds is 8. The second kappa shape index (κ2) is 9.54. The number of nitrogens with one attached hydrogen (secondary N) is 4. The van der Waals surface area contributed by atoms with Crippen molar-refractivity contribution in [1.29, 1.82) is 0 Å². The number of amides is 2. The minimum atomic E-state index is -1.57. The molecule has 12 nitrogen and oxygen atoms in total. The fourth-order valence-electron chi connectivity index (χ4n) is 3.92. The predicted molar refractivity (Wildman–Crippen MR) is 130 cm³/mol. The third kappa shape index (κ3) is 5.14. The highest BCUT2D eigenvalue weighted by molar-refractivity contribution is 6.14. The molecule has 1 aliphatic heterocycles. The summed E-state index contributed by atoms with van der Waals surface area (Å²) in [7, 11) is 0. The van der Waals surface area contributed by atoms with Gasteiger partial charge in [-0.3, -0.25) is 36.7 Å². The van der Waals surface area contributed by atoms with Gasteiger partial charge in [-0.1, -0.05) is 30.3 Å². The van der Waals surface area contributed by atoms with E-state index in [1.807, 2.05) is 0 Å². The number of benzene rings is 2. The first-order valence-electron chi connectivity index (χ1n) is 10.9. The van der Waals surface area contributed by atoms with E-state index in [4.69, 9.17) is 22.9 Å². The number of aromatic nitrogens is 2. The maximum atomic E-state index is 13.5. The van der Waals surface area contributed by atoms with Crippen LogP contribution >= 0.6 is 0 Å². The Balaban J connectivity index is 1.67. The first-order valence-corrected chi connectivity index (χ1v) is 10.9. The first kappa shape index (κ1) is 23.9. The summed E-state index contributed by atoms with van der Waals surface area (Å²) >= 11 is 0. The van der Waals surface area contributed by atoms with Crippen LogP contribution in [-0.4, -0.2) is 40.9 Å². The lowest BCUT2D eigenvalue weighted by Gasteiger charge is -2.24. The van der Waals surface area contributed by atoms with Crippen LogP contribution in [0, 0.1) is 0 Å². The van der Waals surface area contributed by atoms with Gasteiger partial charge in [-0.2, -0.15) is 5.10 Å². The Kier molecular flexibility index (Phi) is 6.51. The Morgan fingerprint density at radius 2 is 1.57 bits per heavy atom. The van der Waals surface area contributed by atoms with Crippen molar-refractivity contribution in [3.05, 3.63) is 77.1 Å². The van der Waals surface area contributed by atoms with Crippen LogP contribution in [0.2, 0.25) is 0 Å². The van der Waals surface area contributed by atoms with Gasteiger partial charge in [0.05, 0.1) is 11.4 Å². The topological polar surface area (TPSA) is 220 Å². The van der Waals surface area contributed by atoms with Gasteiger partial charge >= 0.3 is 0 Å². The number of carbonyl (C=O) groups is 3. The molecule has 0 fully saturated rings. The molecular formula is C23H27N9O3. The number of aromatic amines is 1. The molecule has 12 heteroatoms. The number of primary amides is 1. The van der Waals surface area contributed by atoms with E-state index in [1.165, 1.54) is 36.5 Å². The molecule has 0 aliphatic carbocycles. The van der Waals surface area contributed by atoms with Crippen molar-refractivity contribution in [2.24, 2.45) is 22.9 Å². The summed E-state index contributed by atoms with van der Waals surface area (Å²) in [5, 5.41) is 15.5. The van der Waals surface area contributed by atoms with Crippen molar-refractivity contribution in [1.82, 2.24) is 15.5 Å². The average Bonchev–Trinajstić information content (AvgIpc) is 3.37. The molecule has 12 N–H and O–H groups in total. The summed E-state index contributed by atoms with van der Waals surface area (Å²) in [6.45, 7) is 1.44. The van der Waals surface area contributed by atoms with Crippen molar-refractivity contribution in [2.75, 3.05) is 23.7 Å². The molecule has 0 spiro atoms. The molecule has 0 bridgehead atoms. The van der Waals surface area contributed by atoms with Crippen LogP contribution in [0.25, 0.3) is 0 Å². The number of fused-ring (bicyclic) bond motifs is 1. The van der Waals surface area contributed by atoms with E-state index >= 15 is 0 Å². The van der Waals surface area contributed by atoms with Gasteiger partial charge in [0.25, 0.3) is 0 Å². The van der Waals surface area contributed by atoms with Gasteiger partial charge in [-0.15, -0.1) is 0 Å². The zero-order valence-electron chi connectivity index (χ0n) is 18.7. The van der Waals surface area contributed by atoms with Gasteiger partial charge < -0.3 is 21.7 Å². The van der Waals surface area contributed by atoms with E-state index in [1.54, 1.807) is 18.2 Å². The van der Waals surface area contributed by atoms with Crippen LogP contribution in [-0.2, 0) is 15.4 Å². The Morgan fingerprint density at radius 1 is 0.914 bits per heavy atom. The Morgan fingerprint density at radius 3 is 2.17 bits per heavy atom. The molecule has 182 valence electrons. The molecule has 0 saturated carbocycles. The summed E-state index contributed by atoms with van der Waals surface area (Å²) in [6, 6.07) is 11.6. The van der Waals surface area contributed by atoms with Crippen molar-refractivity contribution >= 4 is 29.0 Å². The number of ketones is 1. The molecule has 2 unspecified atom stereocenters. The molecule has 2 amide bonds. The van der Waals surface area contributed by atoms with Gasteiger partial charge in [0.2, 0.25) is 11.8 Å². The average molecular weight is 478 g/mol. The highest BCUT2D eigenvalue weighted by Crippen LogP contribution is 2.31. The maximum Gasteiger partial charge on any atom is 0.244 e. The zero-order valence-corrected chi connectivity index (χ0v) is 18.7. The fourth-order valence-corrected chi connectivity index (χ4v) is 3.92. The van der Waals surface area contributed by atoms with Gasteiger partial charge in [-0.25, -0.2) is 0 Å². The van der Waals surface area contributed by atoms with E-state index in [0.29, 0.717) is 23.2 Å². The first-order chi connectivity index (χ1) is 16.6. The highest BCUT2D eigenvalue weighted by atomic mass is 16.2. The number of Topliss-reactive ketones (excluding diaryl/α,β-unsaturated/α-hetero) is 1. The molecule has 4 rings (SSSR count). The second-order valence-electron chi connectivity index (χ2n) is 8.33. The summed E-state index contributed by atoms with van der Waals surface area (Å²) in [5.74, 6) is -4.86. The third-order valence-electron chi connectivity index (χ3n) is 5.74. The molecule has 2 aromatic carbocycles. The number of H-pyrrole nitrogens is 1. The van der Waals surface area contributed by atoms with Crippen molar-refractivity contribution in [3.63, 3.8) is 0 Å². The predicted octanol–water partition coefficient (Wildman–Crippen LogP) is -0.457. The highest BCUT2D eigenvalue weighted by Gasteiger charge is 2.34. The SMILES string of the molecule is NC(=O)C(NC(=O)C(C(=O)c1ccn[nH]1)c1ccc2c(c1)NCCN2)c1ccc(C(N)(N)N)cc1. The third-order valence-corrected chi connectivity index (χ3v) is 5.74. The number of hydrogen-bond donors (Lipinski definition) is 8. The number of nitrogens with zero attached hydrogens (tertiary/aromatic N) is 1. The summed E-state index contributed by atoms with van der Waals surface area (Å²) in [5.41, 5.74) is 25.7. The lowest BCUT2D eigenvalue weighted by atomic mass is 9.90. The van der Waals surface area contributed by atoms with Gasteiger partial charge in [0, 0.05) is 24.8 Å². The molecular weight excluding hydrogens is 450 g/mol.